The van der Waals surface area contributed by atoms with Gasteiger partial charge in [0, 0.05) is 28.8 Å². The van der Waals surface area contributed by atoms with Crippen molar-refractivity contribution in [2.45, 2.75) is 30.0 Å². The van der Waals surface area contributed by atoms with E-state index in [4.69, 9.17) is 0 Å². The quantitative estimate of drug-likeness (QED) is 0.298. The molecule has 0 unspecified atom stereocenters. The molecule has 0 aliphatic carbocycles. The number of carbonyl (C=O) groups is 1. The fourth-order valence-corrected chi connectivity index (χ4v) is 5.51. The van der Waals surface area contributed by atoms with Crippen molar-refractivity contribution >= 4 is 34.1 Å². The summed E-state index contributed by atoms with van der Waals surface area (Å²) in [6.07, 6.45) is 1.81. The average Bonchev–Trinajstić information content (AvgIpc) is 2.89. The van der Waals surface area contributed by atoms with Gasteiger partial charge in [0.25, 0.3) is 0 Å². The van der Waals surface area contributed by atoms with Gasteiger partial charge in [-0.1, -0.05) is 72.8 Å². The van der Waals surface area contributed by atoms with Crippen molar-refractivity contribution in [1.82, 2.24) is 4.90 Å². The summed E-state index contributed by atoms with van der Waals surface area (Å²) in [4.78, 5) is 16.6. The van der Waals surface area contributed by atoms with Crippen LogP contribution in [0.15, 0.2) is 102 Å². The number of hydrogen-bond acceptors (Lipinski definition) is 3. The van der Waals surface area contributed by atoms with Crippen LogP contribution in [0.4, 0.5) is 5.69 Å². The van der Waals surface area contributed by atoms with Crippen LogP contribution in [-0.2, 0) is 17.1 Å². The minimum Gasteiger partial charge on any atom is -0.326 e. The number of hydrogen-bond donors (Lipinski definition) is 1. The normalized spacial score (nSPS) is 14.8. The van der Waals surface area contributed by atoms with Crippen LogP contribution >= 0.6 is 11.8 Å². The number of anilines is 1. The summed E-state index contributed by atoms with van der Waals surface area (Å²) >= 11 is 1.83. The Bertz CT molecular complexity index is 1230. The van der Waals surface area contributed by atoms with Crippen molar-refractivity contribution < 1.29 is 4.79 Å². The van der Waals surface area contributed by atoms with Crippen molar-refractivity contribution in [2.24, 2.45) is 5.92 Å². The topological polar surface area (TPSA) is 32.3 Å². The summed E-state index contributed by atoms with van der Waals surface area (Å²) < 4.78 is 0. The van der Waals surface area contributed by atoms with Gasteiger partial charge < -0.3 is 5.32 Å². The SMILES string of the molecule is O=C(Nc1ccc(CSc2ccccc2)cc1)C1CCN(Cc2cccc3ccccc23)CC1. The van der Waals surface area contributed by atoms with E-state index in [1.165, 1.54) is 26.8 Å². The van der Waals surface area contributed by atoms with Crippen LogP contribution in [0.3, 0.4) is 0 Å². The van der Waals surface area contributed by atoms with E-state index in [9.17, 15) is 4.79 Å². The Morgan fingerprint density at radius 3 is 2.32 bits per heavy atom. The van der Waals surface area contributed by atoms with E-state index in [0.717, 1.165) is 43.9 Å². The highest BCUT2D eigenvalue weighted by Crippen LogP contribution is 2.26. The Kier molecular flexibility index (Phi) is 7.28. The van der Waals surface area contributed by atoms with Gasteiger partial charge in [-0.05, 0) is 72.1 Å². The molecule has 1 saturated heterocycles. The van der Waals surface area contributed by atoms with Gasteiger partial charge in [0.1, 0.15) is 0 Å². The second-order valence-corrected chi connectivity index (χ2v) is 10.0. The number of rotatable bonds is 7. The standard InChI is InChI=1S/C30H30N2OS/c33-30(31-27-15-13-23(14-16-27)22-34-28-10-2-1-3-11-28)25-17-19-32(20-18-25)21-26-9-6-8-24-7-4-5-12-29(24)26/h1-16,25H,17-22H2,(H,31,33). The highest BCUT2D eigenvalue weighted by atomic mass is 32.2. The second kappa shape index (κ2) is 10.9. The average molecular weight is 467 g/mol. The van der Waals surface area contributed by atoms with Gasteiger partial charge in [0.2, 0.25) is 5.91 Å². The van der Waals surface area contributed by atoms with Crippen molar-refractivity contribution in [1.29, 1.82) is 0 Å². The smallest absolute Gasteiger partial charge is 0.227 e. The molecule has 1 amide bonds. The number of thioether (sulfide) groups is 1. The molecule has 0 saturated carbocycles. The number of fused-ring (bicyclic) bond motifs is 1. The largest absolute Gasteiger partial charge is 0.326 e. The first-order chi connectivity index (χ1) is 16.7. The number of piperidine rings is 1. The monoisotopic (exact) mass is 466 g/mol. The van der Waals surface area contributed by atoms with Crippen molar-refractivity contribution in [3.05, 3.63) is 108 Å². The first-order valence-corrected chi connectivity index (χ1v) is 13.0. The molecule has 5 rings (SSSR count). The summed E-state index contributed by atoms with van der Waals surface area (Å²) in [5.74, 6) is 1.15. The van der Waals surface area contributed by atoms with Gasteiger partial charge in [-0.2, -0.15) is 0 Å². The predicted molar refractivity (Wildman–Crippen MR) is 143 cm³/mol. The molecule has 1 heterocycles. The van der Waals surface area contributed by atoms with E-state index in [-0.39, 0.29) is 11.8 Å². The first-order valence-electron chi connectivity index (χ1n) is 12.0. The molecule has 0 bridgehead atoms. The molecule has 1 N–H and O–H groups in total. The number of benzene rings is 4. The molecule has 4 aromatic rings. The van der Waals surface area contributed by atoms with Crippen LogP contribution in [-0.4, -0.2) is 23.9 Å². The lowest BCUT2D eigenvalue weighted by Crippen LogP contribution is -2.37. The van der Waals surface area contributed by atoms with Crippen LogP contribution in [0.1, 0.15) is 24.0 Å². The lowest BCUT2D eigenvalue weighted by molar-refractivity contribution is -0.121. The zero-order chi connectivity index (χ0) is 23.2. The maximum Gasteiger partial charge on any atom is 0.227 e. The lowest BCUT2D eigenvalue weighted by atomic mass is 9.95. The van der Waals surface area contributed by atoms with E-state index in [0.29, 0.717) is 0 Å². The molecule has 172 valence electrons. The first kappa shape index (κ1) is 22.7. The third-order valence-corrected chi connectivity index (χ3v) is 7.69. The fraction of sp³-hybridized carbons (Fsp3) is 0.233. The van der Waals surface area contributed by atoms with E-state index >= 15 is 0 Å². The van der Waals surface area contributed by atoms with Gasteiger partial charge in [0.05, 0.1) is 0 Å². The number of likely N-dealkylation sites (tertiary alicyclic amines) is 1. The van der Waals surface area contributed by atoms with Gasteiger partial charge in [-0.3, -0.25) is 9.69 Å². The van der Waals surface area contributed by atoms with Crippen LogP contribution in [0.2, 0.25) is 0 Å². The van der Waals surface area contributed by atoms with Gasteiger partial charge in [0.15, 0.2) is 0 Å². The van der Waals surface area contributed by atoms with Crippen molar-refractivity contribution in [2.75, 3.05) is 18.4 Å². The molecule has 1 aliphatic rings. The summed E-state index contributed by atoms with van der Waals surface area (Å²) in [6.45, 7) is 2.85. The highest BCUT2D eigenvalue weighted by molar-refractivity contribution is 7.98. The minimum atomic E-state index is 0.0806. The Morgan fingerprint density at radius 2 is 1.53 bits per heavy atom. The van der Waals surface area contributed by atoms with E-state index in [1.54, 1.807) is 0 Å². The third-order valence-electron chi connectivity index (χ3n) is 6.60. The van der Waals surface area contributed by atoms with E-state index < -0.39 is 0 Å². The zero-order valence-corrected chi connectivity index (χ0v) is 20.1. The van der Waals surface area contributed by atoms with Crippen LogP contribution in [0.5, 0.6) is 0 Å². The van der Waals surface area contributed by atoms with Crippen LogP contribution < -0.4 is 5.32 Å². The van der Waals surface area contributed by atoms with Gasteiger partial charge in [-0.25, -0.2) is 0 Å². The maximum absolute atomic E-state index is 12.9. The molecule has 34 heavy (non-hydrogen) atoms. The maximum atomic E-state index is 12.9. The molecule has 0 atom stereocenters. The van der Waals surface area contributed by atoms with Gasteiger partial charge >= 0.3 is 0 Å². The lowest BCUT2D eigenvalue weighted by Gasteiger charge is -2.31. The predicted octanol–water partition coefficient (Wildman–Crippen LogP) is 6.98. The number of nitrogens with zero attached hydrogens (tertiary/aromatic N) is 1. The Balaban J connectivity index is 1.10. The molecule has 4 aromatic carbocycles. The van der Waals surface area contributed by atoms with E-state index in [2.05, 4.69) is 89.1 Å². The third kappa shape index (κ3) is 5.69. The summed E-state index contributed by atoms with van der Waals surface area (Å²) in [5, 5.41) is 5.76. The number of amides is 1. The van der Waals surface area contributed by atoms with E-state index in [1.807, 2.05) is 30.0 Å². The zero-order valence-electron chi connectivity index (χ0n) is 19.3. The molecule has 1 aliphatic heterocycles. The molecule has 0 spiro atoms. The molecule has 1 fully saturated rings. The van der Waals surface area contributed by atoms with Crippen molar-refractivity contribution in [3.8, 4) is 0 Å². The Labute approximate surface area is 206 Å². The highest BCUT2D eigenvalue weighted by Gasteiger charge is 2.25. The minimum absolute atomic E-state index is 0.0806. The summed E-state index contributed by atoms with van der Waals surface area (Å²) in [6, 6.07) is 33.8. The molecule has 0 aromatic heterocycles. The van der Waals surface area contributed by atoms with Gasteiger partial charge in [-0.15, -0.1) is 11.8 Å². The molecular weight excluding hydrogens is 436 g/mol. The van der Waals surface area contributed by atoms with Crippen LogP contribution in [0, 0.1) is 5.92 Å². The molecular formula is C30H30N2OS. The molecule has 0 radical (unpaired) electrons. The van der Waals surface area contributed by atoms with Crippen LogP contribution in [0.25, 0.3) is 10.8 Å². The summed E-state index contributed by atoms with van der Waals surface area (Å²) in [7, 11) is 0. The van der Waals surface area contributed by atoms with Crippen molar-refractivity contribution in [3.63, 3.8) is 0 Å². The molecule has 4 heteroatoms. The number of nitrogens with one attached hydrogen (secondary N) is 1. The number of carbonyl (C=O) groups excluding carboxylic acids is 1. The Morgan fingerprint density at radius 1 is 0.824 bits per heavy atom. The molecule has 3 nitrogen and oxygen atoms in total. The second-order valence-electron chi connectivity index (χ2n) is 8.98. The summed E-state index contributed by atoms with van der Waals surface area (Å²) in [5.41, 5.74) is 3.51. The fourth-order valence-electron chi connectivity index (χ4n) is 4.64. The Hall–Kier alpha value is -3.08.